The Labute approximate surface area is 208 Å². The molecule has 0 heterocycles. The zero-order chi connectivity index (χ0) is 25.5. The maximum atomic E-state index is 10.8. The molecule has 0 saturated heterocycles. The number of allylic oxidation sites excluding steroid dienone is 2. The van der Waals surface area contributed by atoms with Crippen molar-refractivity contribution in [1.82, 2.24) is 0 Å². The molecule has 4 N–H and O–H groups in total. The monoisotopic (exact) mass is 476 g/mol. The first-order chi connectivity index (χ1) is 15.5. The molecule has 34 heavy (non-hydrogen) atoms. The van der Waals surface area contributed by atoms with Gasteiger partial charge < -0.3 is 20.4 Å². The normalized spacial score (nSPS) is 46.5. The topological polar surface area (TPSA) is 80.9 Å². The van der Waals surface area contributed by atoms with Crippen LogP contribution in [0.4, 0.5) is 0 Å². The molecular formula is C30H52O4. The average molecular weight is 477 g/mol. The summed E-state index contributed by atoms with van der Waals surface area (Å²) in [5.41, 5.74) is 0.962. The highest BCUT2D eigenvalue weighted by molar-refractivity contribution is 5.33. The summed E-state index contributed by atoms with van der Waals surface area (Å²) in [6.45, 7) is 17.5. The third-order valence-corrected chi connectivity index (χ3v) is 12.3. The van der Waals surface area contributed by atoms with Gasteiger partial charge in [0.15, 0.2) is 0 Å². The number of aliphatic hydroxyl groups is 4. The summed E-state index contributed by atoms with van der Waals surface area (Å²) >= 11 is 0. The molecule has 0 amide bonds. The van der Waals surface area contributed by atoms with Gasteiger partial charge in [0.1, 0.15) is 6.10 Å². The van der Waals surface area contributed by atoms with Crippen molar-refractivity contribution in [3.63, 3.8) is 0 Å². The Bertz CT molecular complexity index is 811. The van der Waals surface area contributed by atoms with Gasteiger partial charge in [0.2, 0.25) is 0 Å². The number of rotatable bonds is 5. The first kappa shape index (κ1) is 26.6. The summed E-state index contributed by atoms with van der Waals surface area (Å²) in [6.07, 6.45) is 8.76. The fourth-order valence-corrected chi connectivity index (χ4v) is 9.80. The number of aliphatic hydroxyl groups excluding tert-OH is 3. The second kappa shape index (κ2) is 8.30. The minimum atomic E-state index is -1.30. The average Bonchev–Trinajstić information content (AvgIpc) is 3.01. The predicted molar refractivity (Wildman–Crippen MR) is 137 cm³/mol. The van der Waals surface area contributed by atoms with Crippen LogP contribution in [0, 0.1) is 45.3 Å². The molecule has 3 saturated carbocycles. The van der Waals surface area contributed by atoms with Crippen LogP contribution in [0.15, 0.2) is 11.6 Å². The van der Waals surface area contributed by atoms with Crippen LogP contribution in [0.2, 0.25) is 0 Å². The molecule has 0 radical (unpaired) electrons. The predicted octanol–water partition coefficient (Wildman–Crippen LogP) is 5.47. The molecule has 10 atom stereocenters. The highest BCUT2D eigenvalue weighted by Gasteiger charge is 2.65. The lowest BCUT2D eigenvalue weighted by atomic mass is 9.41. The Kier molecular flexibility index (Phi) is 6.50. The van der Waals surface area contributed by atoms with Gasteiger partial charge in [0.25, 0.3) is 0 Å². The van der Waals surface area contributed by atoms with E-state index in [2.05, 4.69) is 47.6 Å². The van der Waals surface area contributed by atoms with Crippen LogP contribution in [0.5, 0.6) is 0 Å². The van der Waals surface area contributed by atoms with Crippen molar-refractivity contribution < 1.29 is 20.4 Å². The third-order valence-electron chi connectivity index (χ3n) is 12.3. The molecule has 4 rings (SSSR count). The molecule has 0 bridgehead atoms. The van der Waals surface area contributed by atoms with Gasteiger partial charge in [0, 0.05) is 0 Å². The lowest BCUT2D eigenvalue weighted by Crippen LogP contribution is -2.58. The van der Waals surface area contributed by atoms with Crippen LogP contribution >= 0.6 is 0 Å². The van der Waals surface area contributed by atoms with Gasteiger partial charge in [-0.15, -0.1) is 0 Å². The van der Waals surface area contributed by atoms with E-state index in [0.29, 0.717) is 24.2 Å². The molecule has 0 unspecified atom stereocenters. The molecule has 4 heteroatoms. The minimum Gasteiger partial charge on any atom is -0.393 e. The third kappa shape index (κ3) is 3.68. The van der Waals surface area contributed by atoms with Gasteiger partial charge in [0.05, 0.1) is 17.8 Å². The smallest absolute Gasteiger partial charge is 0.108 e. The van der Waals surface area contributed by atoms with Crippen LogP contribution in [0.25, 0.3) is 0 Å². The molecule has 0 aromatic rings. The van der Waals surface area contributed by atoms with Crippen molar-refractivity contribution in [2.24, 2.45) is 45.3 Å². The molecule has 196 valence electrons. The Morgan fingerprint density at radius 2 is 1.65 bits per heavy atom. The summed E-state index contributed by atoms with van der Waals surface area (Å²) in [7, 11) is 0. The van der Waals surface area contributed by atoms with Crippen LogP contribution in [-0.2, 0) is 0 Å². The molecule has 0 aliphatic heterocycles. The van der Waals surface area contributed by atoms with E-state index in [9.17, 15) is 20.4 Å². The molecule has 0 aromatic carbocycles. The van der Waals surface area contributed by atoms with Crippen LogP contribution in [0.3, 0.4) is 0 Å². The van der Waals surface area contributed by atoms with E-state index < -0.39 is 17.8 Å². The van der Waals surface area contributed by atoms with Crippen molar-refractivity contribution in [1.29, 1.82) is 0 Å². The second-order valence-corrected chi connectivity index (χ2v) is 14.7. The highest BCUT2D eigenvalue weighted by Crippen LogP contribution is 2.73. The molecule has 4 aliphatic carbocycles. The standard InChI is InChI=1S/C30H52O4/c1-18(17-22(31)25(33)27(4,5)34)19-11-15-30(8)21-9-10-23-26(2,3)24(32)13-14-28(23,6)20(21)12-16-29(19,30)7/h9,18-20,22-25,31-34H,10-17H2,1-8H3/t18-,19-,20-,22+,23-,24+,25-,28-,29-,30-/m0/s1. The van der Waals surface area contributed by atoms with Gasteiger partial charge in [-0.3, -0.25) is 0 Å². The van der Waals surface area contributed by atoms with Gasteiger partial charge in [-0.05, 0) is 111 Å². The first-order valence-corrected chi connectivity index (χ1v) is 14.0. The van der Waals surface area contributed by atoms with Crippen LogP contribution in [-0.4, -0.2) is 44.3 Å². The van der Waals surface area contributed by atoms with Crippen LogP contribution < -0.4 is 0 Å². The number of fused-ring (bicyclic) bond motifs is 5. The van der Waals surface area contributed by atoms with Crippen molar-refractivity contribution in [3.8, 4) is 0 Å². The van der Waals surface area contributed by atoms with E-state index >= 15 is 0 Å². The maximum Gasteiger partial charge on any atom is 0.108 e. The van der Waals surface area contributed by atoms with E-state index in [4.69, 9.17) is 0 Å². The van der Waals surface area contributed by atoms with Crippen molar-refractivity contribution >= 4 is 0 Å². The van der Waals surface area contributed by atoms with Gasteiger partial charge >= 0.3 is 0 Å². The Morgan fingerprint density at radius 1 is 1.00 bits per heavy atom. The summed E-state index contributed by atoms with van der Waals surface area (Å²) in [4.78, 5) is 0. The Hall–Kier alpha value is -0.420. The molecular weight excluding hydrogens is 424 g/mol. The summed E-state index contributed by atoms with van der Waals surface area (Å²) in [5.74, 6) is 1.91. The maximum absolute atomic E-state index is 10.8. The zero-order valence-corrected chi connectivity index (χ0v) is 23.1. The van der Waals surface area contributed by atoms with E-state index in [0.717, 1.165) is 25.7 Å². The molecule has 0 aromatic heterocycles. The van der Waals surface area contributed by atoms with E-state index in [1.807, 2.05) is 0 Å². The fourth-order valence-electron chi connectivity index (χ4n) is 9.80. The second-order valence-electron chi connectivity index (χ2n) is 14.7. The lowest BCUT2D eigenvalue weighted by Gasteiger charge is -2.64. The molecule has 4 aliphatic rings. The summed E-state index contributed by atoms with van der Waals surface area (Å²) < 4.78 is 0. The minimum absolute atomic E-state index is 0.0408. The Balaban J connectivity index is 1.60. The fraction of sp³-hybridized carbons (Fsp3) is 0.933. The van der Waals surface area contributed by atoms with E-state index in [1.54, 1.807) is 19.4 Å². The molecule has 4 nitrogen and oxygen atoms in total. The molecule has 0 spiro atoms. The van der Waals surface area contributed by atoms with E-state index in [-0.39, 0.29) is 33.7 Å². The van der Waals surface area contributed by atoms with E-state index in [1.165, 1.54) is 19.3 Å². The van der Waals surface area contributed by atoms with Crippen LogP contribution in [0.1, 0.15) is 107 Å². The first-order valence-electron chi connectivity index (χ1n) is 14.0. The SMILES string of the molecule is C[C@@H](C[C@@H](O)[C@H](O)C(C)(C)O)[C@@H]1CC[C@@]2(C)C3=CC[C@H]4C(C)(C)[C@H](O)CC[C@@]4(C)[C@H]3CC[C@@]12C. The quantitative estimate of drug-likeness (QED) is 0.397. The number of hydrogen-bond acceptors (Lipinski definition) is 4. The summed E-state index contributed by atoms with van der Waals surface area (Å²) in [6, 6.07) is 0. The lowest BCUT2D eigenvalue weighted by molar-refractivity contribution is -0.133. The summed E-state index contributed by atoms with van der Waals surface area (Å²) in [5, 5.41) is 42.1. The van der Waals surface area contributed by atoms with Gasteiger partial charge in [-0.25, -0.2) is 0 Å². The number of hydrogen-bond donors (Lipinski definition) is 4. The highest BCUT2D eigenvalue weighted by atomic mass is 16.4. The van der Waals surface area contributed by atoms with Crippen molar-refractivity contribution in [3.05, 3.63) is 11.6 Å². The largest absolute Gasteiger partial charge is 0.393 e. The van der Waals surface area contributed by atoms with Gasteiger partial charge in [-0.1, -0.05) is 53.2 Å². The van der Waals surface area contributed by atoms with Crippen molar-refractivity contribution in [2.45, 2.75) is 131 Å². The van der Waals surface area contributed by atoms with Gasteiger partial charge in [-0.2, -0.15) is 0 Å². The Morgan fingerprint density at radius 3 is 2.26 bits per heavy atom. The molecule has 3 fully saturated rings. The zero-order valence-electron chi connectivity index (χ0n) is 23.1. The van der Waals surface area contributed by atoms with Crippen molar-refractivity contribution in [2.75, 3.05) is 0 Å².